The highest BCUT2D eigenvalue weighted by Crippen LogP contribution is 2.28. The van der Waals surface area contributed by atoms with Crippen molar-refractivity contribution in [2.75, 3.05) is 54.9 Å². The molecule has 41 heavy (non-hydrogen) atoms. The first-order valence-electron chi connectivity index (χ1n) is 13.9. The average molecular weight is 564 g/mol. The summed E-state index contributed by atoms with van der Waals surface area (Å²) >= 11 is 0. The number of hydrogen-bond acceptors (Lipinski definition) is 7. The summed E-state index contributed by atoms with van der Waals surface area (Å²) in [5, 5.41) is 13.1. The summed E-state index contributed by atoms with van der Waals surface area (Å²) in [6.45, 7) is 9.65. The second kappa shape index (κ2) is 13.4. The Labute approximate surface area is 240 Å². The first-order valence-corrected chi connectivity index (χ1v) is 13.9. The molecule has 2 N–H and O–H groups in total. The largest absolute Gasteiger partial charge is 0.464 e. The molecule has 0 bridgehead atoms. The number of nitrogens with one attached hydrogen (secondary N) is 1. The molecule has 1 aromatic heterocycles. The third-order valence-corrected chi connectivity index (χ3v) is 7.48. The molecule has 1 unspecified atom stereocenters. The number of anilines is 5. The fourth-order valence-electron chi connectivity index (χ4n) is 4.95. The first kappa shape index (κ1) is 29.7. The monoisotopic (exact) mass is 563 g/mol. The molecule has 11 heteroatoms. The van der Waals surface area contributed by atoms with E-state index in [0.717, 1.165) is 30.1 Å². The molecule has 1 aliphatic heterocycles. The van der Waals surface area contributed by atoms with Crippen LogP contribution in [0.15, 0.2) is 54.7 Å². The molecule has 2 aromatic carbocycles. The van der Waals surface area contributed by atoms with E-state index in [-0.39, 0.29) is 23.5 Å². The number of carboxylic acid groups (broad SMARTS) is 1. The van der Waals surface area contributed by atoms with Crippen LogP contribution in [0.5, 0.6) is 0 Å². The van der Waals surface area contributed by atoms with Crippen molar-refractivity contribution in [2.24, 2.45) is 0 Å². The predicted octanol–water partition coefficient (Wildman–Crippen LogP) is 5.12. The molecule has 4 rings (SSSR count). The number of halogens is 1. The van der Waals surface area contributed by atoms with Crippen molar-refractivity contribution in [1.82, 2.24) is 19.8 Å². The third-order valence-electron chi connectivity index (χ3n) is 7.48. The van der Waals surface area contributed by atoms with E-state index in [4.69, 9.17) is 0 Å². The second-order valence-electron chi connectivity index (χ2n) is 10.2. The molecule has 3 aromatic rings. The zero-order chi connectivity index (χ0) is 29.5. The Morgan fingerprint density at radius 1 is 1.12 bits per heavy atom. The number of benzene rings is 2. The van der Waals surface area contributed by atoms with Crippen LogP contribution < -0.4 is 15.1 Å². The highest BCUT2D eigenvalue weighted by Gasteiger charge is 2.23. The standard InChI is InChI=1S/C30H38FN7O3/c1-5-36(6-2)28(39)13-10-22-8-7-9-24(18-22)38(30(40)41)27-14-15-32-29(34-27)33-23-11-12-26(25(31)19-23)37-17-16-35(4)21(3)20-37/h7-9,11-12,14-15,18-19,21H,5-6,10,13,16-17,20H2,1-4H3,(H,40,41)(H,32,33,34). The van der Waals surface area contributed by atoms with Gasteiger partial charge >= 0.3 is 6.09 Å². The zero-order valence-corrected chi connectivity index (χ0v) is 24.0. The fraction of sp³-hybridized carbons (Fsp3) is 0.400. The van der Waals surface area contributed by atoms with Gasteiger partial charge in [0.05, 0.1) is 11.4 Å². The minimum Gasteiger partial charge on any atom is -0.464 e. The van der Waals surface area contributed by atoms with Crippen LogP contribution in [0.25, 0.3) is 0 Å². The van der Waals surface area contributed by atoms with Gasteiger partial charge in [0.2, 0.25) is 11.9 Å². The maximum absolute atomic E-state index is 15.1. The van der Waals surface area contributed by atoms with Gasteiger partial charge < -0.3 is 25.1 Å². The van der Waals surface area contributed by atoms with Crippen LogP contribution in [0.3, 0.4) is 0 Å². The molecule has 218 valence electrons. The van der Waals surface area contributed by atoms with Gasteiger partial charge in [0.1, 0.15) is 11.6 Å². The number of rotatable bonds is 10. The van der Waals surface area contributed by atoms with Crippen LogP contribution in [0, 0.1) is 5.82 Å². The number of carbonyl (C=O) groups is 2. The third kappa shape index (κ3) is 7.29. The van der Waals surface area contributed by atoms with Gasteiger partial charge in [-0.25, -0.2) is 19.1 Å². The summed E-state index contributed by atoms with van der Waals surface area (Å²) in [5.74, 6) is -0.0269. The van der Waals surface area contributed by atoms with Gasteiger partial charge in [0, 0.05) is 63.1 Å². The molecule has 0 saturated carbocycles. The Morgan fingerprint density at radius 3 is 2.59 bits per heavy atom. The van der Waals surface area contributed by atoms with E-state index in [9.17, 15) is 14.7 Å². The molecule has 0 spiro atoms. The Hall–Kier alpha value is -4.25. The molecular weight excluding hydrogens is 525 g/mol. The first-order chi connectivity index (χ1) is 19.7. The van der Waals surface area contributed by atoms with Crippen LogP contribution >= 0.6 is 0 Å². The lowest BCUT2D eigenvalue weighted by atomic mass is 10.1. The van der Waals surface area contributed by atoms with Crippen LogP contribution in [-0.4, -0.2) is 82.7 Å². The van der Waals surface area contributed by atoms with E-state index in [1.807, 2.05) is 24.8 Å². The highest BCUT2D eigenvalue weighted by molar-refractivity contribution is 5.93. The van der Waals surface area contributed by atoms with Crippen molar-refractivity contribution >= 4 is 40.8 Å². The summed E-state index contributed by atoms with van der Waals surface area (Å²) in [7, 11) is 2.07. The van der Waals surface area contributed by atoms with Crippen molar-refractivity contribution in [1.29, 1.82) is 0 Å². The Morgan fingerprint density at radius 2 is 1.90 bits per heavy atom. The molecule has 0 radical (unpaired) electrons. The quantitative estimate of drug-likeness (QED) is 0.350. The predicted molar refractivity (Wildman–Crippen MR) is 159 cm³/mol. The lowest BCUT2D eigenvalue weighted by Crippen LogP contribution is -2.50. The van der Waals surface area contributed by atoms with E-state index in [1.54, 1.807) is 35.2 Å². The van der Waals surface area contributed by atoms with Crippen LogP contribution in [0.1, 0.15) is 32.8 Å². The molecule has 10 nitrogen and oxygen atoms in total. The molecule has 1 aliphatic rings. The molecular formula is C30H38FN7O3. The number of nitrogens with zero attached hydrogens (tertiary/aromatic N) is 6. The van der Waals surface area contributed by atoms with Gasteiger partial charge in [-0.2, -0.15) is 4.98 Å². The normalized spacial score (nSPS) is 15.4. The topological polar surface area (TPSA) is 105 Å². The number of aryl methyl sites for hydroxylation is 1. The Kier molecular flexibility index (Phi) is 9.72. The number of likely N-dealkylation sites (N-methyl/N-ethyl adjacent to an activating group) is 1. The van der Waals surface area contributed by atoms with Crippen LogP contribution in [-0.2, 0) is 11.2 Å². The lowest BCUT2D eigenvalue weighted by Gasteiger charge is -2.39. The second-order valence-corrected chi connectivity index (χ2v) is 10.2. The Balaban J connectivity index is 1.49. The minimum absolute atomic E-state index is 0.0598. The minimum atomic E-state index is -1.22. The van der Waals surface area contributed by atoms with Crippen molar-refractivity contribution in [3.05, 3.63) is 66.1 Å². The summed E-state index contributed by atoms with van der Waals surface area (Å²) in [5.41, 5.74) is 2.23. The number of piperazine rings is 1. The molecule has 2 heterocycles. The fourth-order valence-corrected chi connectivity index (χ4v) is 4.95. The van der Waals surface area contributed by atoms with Crippen LogP contribution in [0.2, 0.25) is 0 Å². The van der Waals surface area contributed by atoms with Crippen molar-refractivity contribution in [3.8, 4) is 0 Å². The van der Waals surface area contributed by atoms with Crippen molar-refractivity contribution in [2.45, 2.75) is 39.7 Å². The van der Waals surface area contributed by atoms with Gasteiger partial charge in [-0.15, -0.1) is 0 Å². The maximum atomic E-state index is 15.1. The van der Waals surface area contributed by atoms with Crippen molar-refractivity contribution in [3.63, 3.8) is 0 Å². The SMILES string of the molecule is CCN(CC)C(=O)CCc1cccc(N(C(=O)O)c2ccnc(Nc3ccc(N4CCN(C)C(C)C4)c(F)c3)n2)c1. The molecule has 0 aliphatic carbocycles. The molecule has 2 amide bonds. The van der Waals surface area contributed by atoms with Gasteiger partial charge in [-0.1, -0.05) is 12.1 Å². The zero-order valence-electron chi connectivity index (χ0n) is 24.0. The van der Waals surface area contributed by atoms with Gasteiger partial charge in [-0.3, -0.25) is 4.79 Å². The summed E-state index contributed by atoms with van der Waals surface area (Å²) in [6, 6.07) is 13.7. The Bertz CT molecular complexity index is 1370. The van der Waals surface area contributed by atoms with Crippen molar-refractivity contribution < 1.29 is 19.1 Å². The van der Waals surface area contributed by atoms with E-state index in [1.165, 1.54) is 18.3 Å². The highest BCUT2D eigenvalue weighted by atomic mass is 19.1. The van der Waals surface area contributed by atoms with E-state index in [2.05, 4.69) is 34.2 Å². The van der Waals surface area contributed by atoms with E-state index in [0.29, 0.717) is 49.0 Å². The lowest BCUT2D eigenvalue weighted by molar-refractivity contribution is -0.130. The van der Waals surface area contributed by atoms with Gasteiger partial charge in [0.25, 0.3) is 0 Å². The van der Waals surface area contributed by atoms with Crippen LogP contribution in [0.4, 0.5) is 38.0 Å². The molecule has 1 saturated heterocycles. The number of carbonyl (C=O) groups excluding carboxylic acids is 1. The van der Waals surface area contributed by atoms with E-state index >= 15 is 4.39 Å². The van der Waals surface area contributed by atoms with E-state index < -0.39 is 6.09 Å². The molecule has 1 fully saturated rings. The summed E-state index contributed by atoms with van der Waals surface area (Å²) < 4.78 is 15.1. The van der Waals surface area contributed by atoms with Gasteiger partial charge in [-0.05, 0) is 70.1 Å². The number of hydrogen-bond donors (Lipinski definition) is 2. The molecule has 1 atom stereocenters. The summed E-state index contributed by atoms with van der Waals surface area (Å²) in [6.07, 6.45) is 1.05. The number of aromatic nitrogens is 2. The van der Waals surface area contributed by atoms with Gasteiger partial charge in [0.15, 0.2) is 0 Å². The number of amides is 2. The maximum Gasteiger partial charge on any atom is 0.417 e. The summed E-state index contributed by atoms with van der Waals surface area (Å²) in [4.78, 5) is 40.5. The average Bonchev–Trinajstić information content (AvgIpc) is 2.95. The smallest absolute Gasteiger partial charge is 0.417 e.